The molecule has 0 atom stereocenters. The van der Waals surface area contributed by atoms with Gasteiger partial charge in [-0.1, -0.05) is 102 Å². The fraction of sp³-hybridized carbons (Fsp3) is 0.294. The first kappa shape index (κ1) is 27.1. The van der Waals surface area contributed by atoms with Crippen molar-refractivity contribution >= 4 is 34.0 Å². The fourth-order valence-corrected chi connectivity index (χ4v) is 4.45. The number of anilines is 2. The van der Waals surface area contributed by atoms with Crippen LogP contribution < -0.4 is 10.6 Å². The zero-order valence-corrected chi connectivity index (χ0v) is 23.3. The maximum absolute atomic E-state index is 12.6. The van der Waals surface area contributed by atoms with E-state index in [1.54, 1.807) is 0 Å². The van der Waals surface area contributed by atoms with E-state index >= 15 is 0 Å². The van der Waals surface area contributed by atoms with Gasteiger partial charge in [-0.15, -0.1) is 0 Å². The van der Waals surface area contributed by atoms with Gasteiger partial charge in [-0.2, -0.15) is 0 Å². The Balaban J connectivity index is 1.35. The SMILES string of the molecule is CC(C)(C)c1ccc(NC(=O)Cc2ccc3cc(CC(=O)Nc4ccc(C(C)(C)C)cc4)ccc3c2)cc1. The van der Waals surface area contributed by atoms with Gasteiger partial charge >= 0.3 is 0 Å². The van der Waals surface area contributed by atoms with Gasteiger partial charge in [0.05, 0.1) is 12.8 Å². The van der Waals surface area contributed by atoms with Crippen LogP contribution in [-0.4, -0.2) is 11.8 Å². The second-order valence-corrected chi connectivity index (χ2v) is 12.1. The van der Waals surface area contributed by atoms with E-state index < -0.39 is 0 Å². The first-order valence-electron chi connectivity index (χ1n) is 13.2. The maximum atomic E-state index is 12.6. The zero-order chi connectivity index (χ0) is 27.5. The molecule has 0 aliphatic heterocycles. The van der Waals surface area contributed by atoms with E-state index in [-0.39, 0.29) is 22.6 Å². The van der Waals surface area contributed by atoms with Crippen molar-refractivity contribution < 1.29 is 9.59 Å². The van der Waals surface area contributed by atoms with E-state index in [2.05, 4.69) is 76.4 Å². The summed E-state index contributed by atoms with van der Waals surface area (Å²) in [5.41, 5.74) is 6.13. The molecular weight excluding hydrogens is 468 g/mol. The summed E-state index contributed by atoms with van der Waals surface area (Å²) in [5, 5.41) is 8.09. The second kappa shape index (κ2) is 10.8. The van der Waals surface area contributed by atoms with Gasteiger partial charge < -0.3 is 10.6 Å². The highest BCUT2D eigenvalue weighted by Crippen LogP contribution is 2.25. The molecule has 4 aromatic carbocycles. The van der Waals surface area contributed by atoms with Crippen LogP contribution in [0.1, 0.15) is 63.8 Å². The van der Waals surface area contributed by atoms with Gasteiger partial charge in [0.25, 0.3) is 0 Å². The van der Waals surface area contributed by atoms with Crippen LogP contribution in [0.3, 0.4) is 0 Å². The van der Waals surface area contributed by atoms with E-state index in [1.165, 1.54) is 11.1 Å². The predicted octanol–water partition coefficient (Wildman–Crippen LogP) is 7.80. The van der Waals surface area contributed by atoms with Crippen LogP contribution in [0.25, 0.3) is 10.8 Å². The van der Waals surface area contributed by atoms with Crippen LogP contribution in [-0.2, 0) is 33.3 Å². The van der Waals surface area contributed by atoms with Gasteiger partial charge in [0.1, 0.15) is 0 Å². The molecule has 4 nitrogen and oxygen atoms in total. The fourth-order valence-electron chi connectivity index (χ4n) is 4.45. The number of carbonyl (C=O) groups is 2. The van der Waals surface area contributed by atoms with E-state index in [9.17, 15) is 9.59 Å². The lowest BCUT2D eigenvalue weighted by molar-refractivity contribution is -0.116. The molecule has 4 rings (SSSR count). The third-order valence-corrected chi connectivity index (χ3v) is 6.77. The Labute approximate surface area is 226 Å². The quantitative estimate of drug-likeness (QED) is 0.280. The molecule has 0 heterocycles. The number of nitrogens with one attached hydrogen (secondary N) is 2. The summed E-state index contributed by atoms with van der Waals surface area (Å²) in [6.07, 6.45) is 0.601. The summed E-state index contributed by atoms with van der Waals surface area (Å²) in [7, 11) is 0. The van der Waals surface area contributed by atoms with Crippen molar-refractivity contribution in [2.75, 3.05) is 10.6 Å². The molecule has 2 N–H and O–H groups in total. The van der Waals surface area contributed by atoms with Crippen LogP contribution in [0.15, 0.2) is 84.9 Å². The minimum atomic E-state index is -0.0447. The average molecular weight is 507 g/mol. The molecule has 38 heavy (non-hydrogen) atoms. The molecular formula is C34H38N2O2. The third-order valence-electron chi connectivity index (χ3n) is 6.77. The molecule has 0 aliphatic rings. The number of carbonyl (C=O) groups excluding carboxylic acids is 2. The Kier molecular flexibility index (Phi) is 7.73. The highest BCUT2D eigenvalue weighted by atomic mass is 16.2. The van der Waals surface area contributed by atoms with Crippen LogP contribution in [0.5, 0.6) is 0 Å². The summed E-state index contributed by atoms with van der Waals surface area (Å²) in [4.78, 5) is 25.3. The van der Waals surface area contributed by atoms with Crippen LogP contribution in [0.4, 0.5) is 11.4 Å². The smallest absolute Gasteiger partial charge is 0.228 e. The summed E-state index contributed by atoms with van der Waals surface area (Å²) in [5.74, 6) is -0.0895. The first-order valence-corrected chi connectivity index (χ1v) is 13.2. The lowest BCUT2D eigenvalue weighted by Gasteiger charge is -2.19. The molecule has 196 valence electrons. The summed E-state index contributed by atoms with van der Waals surface area (Å²) in [6, 6.07) is 28.1. The molecule has 0 aromatic heterocycles. The highest BCUT2D eigenvalue weighted by molar-refractivity contribution is 5.95. The highest BCUT2D eigenvalue weighted by Gasteiger charge is 2.15. The van der Waals surface area contributed by atoms with Crippen LogP contribution in [0, 0.1) is 0 Å². The monoisotopic (exact) mass is 506 g/mol. The first-order chi connectivity index (χ1) is 17.9. The predicted molar refractivity (Wildman–Crippen MR) is 159 cm³/mol. The Morgan fingerprint density at radius 2 is 0.868 bits per heavy atom. The molecule has 0 saturated carbocycles. The molecule has 2 amide bonds. The van der Waals surface area contributed by atoms with E-state index in [1.807, 2.05) is 60.7 Å². The lowest BCUT2D eigenvalue weighted by atomic mass is 9.87. The summed E-state index contributed by atoms with van der Waals surface area (Å²) >= 11 is 0. The number of rotatable bonds is 6. The number of benzene rings is 4. The maximum Gasteiger partial charge on any atom is 0.228 e. The average Bonchev–Trinajstić information content (AvgIpc) is 2.83. The van der Waals surface area contributed by atoms with Gasteiger partial charge in [-0.25, -0.2) is 0 Å². The molecule has 0 unspecified atom stereocenters. The van der Waals surface area contributed by atoms with Crippen LogP contribution >= 0.6 is 0 Å². The van der Waals surface area contributed by atoms with Gasteiger partial charge in [0, 0.05) is 11.4 Å². The minimum Gasteiger partial charge on any atom is -0.326 e. The van der Waals surface area contributed by atoms with Crippen molar-refractivity contribution in [1.82, 2.24) is 0 Å². The number of hydrogen-bond acceptors (Lipinski definition) is 2. The second-order valence-electron chi connectivity index (χ2n) is 12.1. The Morgan fingerprint density at radius 3 is 1.18 bits per heavy atom. The standard InChI is InChI=1S/C34H38N2O2/c1-33(2,3)27-11-15-29(16-12-27)35-31(37)21-23-7-9-26-20-24(8-10-25(26)19-23)22-32(38)36-30-17-13-28(14-18-30)34(4,5)6/h7-20H,21-22H2,1-6H3,(H,35,37)(H,36,38). The van der Waals surface area contributed by atoms with Crippen molar-refractivity contribution in [2.45, 2.75) is 65.2 Å². The molecule has 0 bridgehead atoms. The van der Waals surface area contributed by atoms with Crippen molar-refractivity contribution in [3.05, 3.63) is 107 Å². The zero-order valence-electron chi connectivity index (χ0n) is 23.3. The molecule has 0 spiro atoms. The molecule has 0 aliphatic carbocycles. The summed E-state index contributed by atoms with van der Waals surface area (Å²) < 4.78 is 0. The molecule has 4 aromatic rings. The lowest BCUT2D eigenvalue weighted by Crippen LogP contribution is -2.15. The van der Waals surface area contributed by atoms with Gasteiger partial charge in [-0.05, 0) is 68.1 Å². The van der Waals surface area contributed by atoms with Gasteiger partial charge in [0.15, 0.2) is 0 Å². The Morgan fingerprint density at radius 1 is 0.526 bits per heavy atom. The molecule has 4 heteroatoms. The van der Waals surface area contributed by atoms with Crippen molar-refractivity contribution in [3.8, 4) is 0 Å². The number of hydrogen-bond donors (Lipinski definition) is 2. The van der Waals surface area contributed by atoms with E-state index in [0.717, 1.165) is 33.3 Å². The Hall–Kier alpha value is -3.92. The van der Waals surface area contributed by atoms with E-state index in [0.29, 0.717) is 12.8 Å². The van der Waals surface area contributed by atoms with Crippen molar-refractivity contribution in [1.29, 1.82) is 0 Å². The largest absolute Gasteiger partial charge is 0.326 e. The normalized spacial score (nSPS) is 11.8. The molecule has 0 fully saturated rings. The van der Waals surface area contributed by atoms with Gasteiger partial charge in [-0.3, -0.25) is 9.59 Å². The number of fused-ring (bicyclic) bond motifs is 1. The Bertz CT molecular complexity index is 1320. The third kappa shape index (κ3) is 7.10. The van der Waals surface area contributed by atoms with E-state index in [4.69, 9.17) is 0 Å². The molecule has 0 radical (unpaired) electrons. The number of amides is 2. The van der Waals surface area contributed by atoms with Crippen molar-refractivity contribution in [3.63, 3.8) is 0 Å². The topological polar surface area (TPSA) is 58.2 Å². The molecule has 0 saturated heterocycles. The van der Waals surface area contributed by atoms with Crippen LogP contribution in [0.2, 0.25) is 0 Å². The van der Waals surface area contributed by atoms with Gasteiger partial charge in [0.2, 0.25) is 11.8 Å². The van der Waals surface area contributed by atoms with Crippen molar-refractivity contribution in [2.24, 2.45) is 0 Å². The summed E-state index contributed by atoms with van der Waals surface area (Å²) in [6.45, 7) is 13.0. The minimum absolute atomic E-state index is 0.0447.